The molecule has 0 aliphatic heterocycles. The molecule has 0 unspecified atom stereocenters. The minimum Gasteiger partial charge on any atom is -0.508 e. The number of amides is 1. The van der Waals surface area contributed by atoms with Gasteiger partial charge in [0.2, 0.25) is 5.91 Å². The summed E-state index contributed by atoms with van der Waals surface area (Å²) in [4.78, 5) is 11.7. The molecule has 1 atom stereocenters. The number of benzene rings is 1. The molecule has 0 fully saturated rings. The highest BCUT2D eigenvalue weighted by Gasteiger charge is 2.13. The van der Waals surface area contributed by atoms with Gasteiger partial charge in [0.25, 0.3) is 0 Å². The van der Waals surface area contributed by atoms with Crippen LogP contribution in [0.4, 0.5) is 0 Å². The second-order valence-corrected chi connectivity index (χ2v) is 4.95. The molecule has 4 heteroatoms. The van der Waals surface area contributed by atoms with Crippen LogP contribution in [0.25, 0.3) is 0 Å². The Labute approximate surface area is 108 Å². The highest BCUT2D eigenvalue weighted by Crippen LogP contribution is 2.10. The molecule has 0 bridgehead atoms. The predicted octanol–water partition coefficient (Wildman–Crippen LogP) is 1.42. The van der Waals surface area contributed by atoms with Crippen LogP contribution in [-0.2, 0) is 11.2 Å². The van der Waals surface area contributed by atoms with Crippen molar-refractivity contribution in [3.63, 3.8) is 0 Å². The zero-order valence-electron chi connectivity index (χ0n) is 11.0. The first kappa shape index (κ1) is 14.5. The van der Waals surface area contributed by atoms with E-state index in [9.17, 15) is 4.79 Å². The first-order chi connectivity index (χ1) is 8.49. The summed E-state index contributed by atoms with van der Waals surface area (Å²) in [6.07, 6.45) is 1.44. The summed E-state index contributed by atoms with van der Waals surface area (Å²) in [6, 6.07) is 6.20. The molecule has 100 valence electrons. The van der Waals surface area contributed by atoms with Crippen molar-refractivity contribution in [1.82, 2.24) is 5.32 Å². The fourth-order valence-corrected chi connectivity index (χ4v) is 1.59. The van der Waals surface area contributed by atoms with Crippen LogP contribution in [0, 0.1) is 5.92 Å². The highest BCUT2D eigenvalue weighted by atomic mass is 16.3. The van der Waals surface area contributed by atoms with Gasteiger partial charge in [-0.25, -0.2) is 0 Å². The van der Waals surface area contributed by atoms with Gasteiger partial charge < -0.3 is 16.2 Å². The Morgan fingerprint density at radius 1 is 1.33 bits per heavy atom. The first-order valence-electron chi connectivity index (χ1n) is 6.30. The van der Waals surface area contributed by atoms with Crippen LogP contribution in [0.3, 0.4) is 0 Å². The van der Waals surface area contributed by atoms with E-state index in [-0.39, 0.29) is 11.7 Å². The van der Waals surface area contributed by atoms with E-state index in [0.29, 0.717) is 18.9 Å². The molecular weight excluding hydrogens is 228 g/mol. The van der Waals surface area contributed by atoms with E-state index < -0.39 is 6.04 Å². The molecule has 18 heavy (non-hydrogen) atoms. The molecule has 0 saturated heterocycles. The topological polar surface area (TPSA) is 75.4 Å². The zero-order chi connectivity index (χ0) is 13.5. The number of nitrogens with one attached hydrogen (secondary N) is 1. The van der Waals surface area contributed by atoms with Crippen LogP contribution in [0.15, 0.2) is 24.3 Å². The fraction of sp³-hybridized carbons (Fsp3) is 0.500. The summed E-state index contributed by atoms with van der Waals surface area (Å²) >= 11 is 0. The van der Waals surface area contributed by atoms with Crippen LogP contribution in [0.1, 0.15) is 25.8 Å². The largest absolute Gasteiger partial charge is 0.508 e. The molecule has 1 amide bonds. The van der Waals surface area contributed by atoms with Crippen LogP contribution in [-0.4, -0.2) is 23.6 Å². The van der Waals surface area contributed by atoms with Crippen molar-refractivity contribution in [3.05, 3.63) is 29.8 Å². The Kier molecular flexibility index (Phi) is 5.65. The maximum absolute atomic E-state index is 11.7. The monoisotopic (exact) mass is 250 g/mol. The molecule has 1 aromatic carbocycles. The third-order valence-electron chi connectivity index (χ3n) is 2.75. The number of hydrogen-bond donors (Lipinski definition) is 3. The minimum atomic E-state index is -0.540. The number of phenolic OH excluding ortho intramolecular Hbond substituents is 1. The van der Waals surface area contributed by atoms with Gasteiger partial charge in [-0.1, -0.05) is 26.0 Å². The number of carbonyl (C=O) groups excluding carboxylic acids is 1. The van der Waals surface area contributed by atoms with Gasteiger partial charge in [0.15, 0.2) is 0 Å². The van der Waals surface area contributed by atoms with Crippen LogP contribution < -0.4 is 11.1 Å². The number of carbonyl (C=O) groups is 1. The number of rotatable bonds is 6. The lowest BCUT2D eigenvalue weighted by Gasteiger charge is -2.13. The average Bonchev–Trinajstić information content (AvgIpc) is 2.31. The fourth-order valence-electron chi connectivity index (χ4n) is 1.59. The maximum Gasteiger partial charge on any atom is 0.237 e. The summed E-state index contributed by atoms with van der Waals surface area (Å²) in [5.41, 5.74) is 6.77. The Hall–Kier alpha value is -1.55. The van der Waals surface area contributed by atoms with Crippen molar-refractivity contribution >= 4 is 5.91 Å². The van der Waals surface area contributed by atoms with Gasteiger partial charge in [-0.15, -0.1) is 0 Å². The third kappa shape index (κ3) is 5.19. The van der Waals surface area contributed by atoms with Crippen molar-refractivity contribution in [2.75, 3.05) is 6.54 Å². The van der Waals surface area contributed by atoms with E-state index >= 15 is 0 Å². The number of hydrogen-bond acceptors (Lipinski definition) is 3. The van der Waals surface area contributed by atoms with Crippen LogP contribution >= 0.6 is 0 Å². The molecule has 0 aromatic heterocycles. The van der Waals surface area contributed by atoms with Gasteiger partial charge >= 0.3 is 0 Å². The number of phenols is 1. The van der Waals surface area contributed by atoms with Gasteiger partial charge in [-0.2, -0.15) is 0 Å². The number of nitrogens with two attached hydrogens (primary N) is 1. The molecule has 0 aliphatic carbocycles. The maximum atomic E-state index is 11.7. The van der Waals surface area contributed by atoms with E-state index in [4.69, 9.17) is 10.8 Å². The average molecular weight is 250 g/mol. The van der Waals surface area contributed by atoms with Gasteiger partial charge in [-0.05, 0) is 36.5 Å². The highest BCUT2D eigenvalue weighted by molar-refractivity contribution is 5.81. The molecule has 0 radical (unpaired) electrons. The molecule has 1 aromatic rings. The molecule has 4 N–H and O–H groups in total. The van der Waals surface area contributed by atoms with E-state index in [1.54, 1.807) is 24.3 Å². The molecule has 0 aliphatic rings. The Bertz CT molecular complexity index is 374. The number of aromatic hydroxyl groups is 1. The molecule has 1 rings (SSSR count). The second kappa shape index (κ2) is 7.01. The summed E-state index contributed by atoms with van der Waals surface area (Å²) in [5.74, 6) is 0.663. The lowest BCUT2D eigenvalue weighted by atomic mass is 10.1. The standard InChI is InChI=1S/C14H22N2O2/c1-10(2)7-8-16-14(18)13(15)9-11-3-5-12(17)6-4-11/h3-6,10,13,17H,7-9,15H2,1-2H3,(H,16,18)/t13-/m1/s1. The zero-order valence-corrected chi connectivity index (χ0v) is 11.0. The first-order valence-corrected chi connectivity index (χ1v) is 6.30. The van der Waals surface area contributed by atoms with Crippen molar-refractivity contribution in [1.29, 1.82) is 0 Å². The van der Waals surface area contributed by atoms with Crippen molar-refractivity contribution in [2.45, 2.75) is 32.7 Å². The lowest BCUT2D eigenvalue weighted by Crippen LogP contribution is -2.42. The van der Waals surface area contributed by atoms with Gasteiger partial charge in [-0.3, -0.25) is 4.79 Å². The summed E-state index contributed by atoms with van der Waals surface area (Å²) in [5, 5.41) is 12.0. The summed E-state index contributed by atoms with van der Waals surface area (Å²) in [7, 11) is 0. The minimum absolute atomic E-state index is 0.122. The Balaban J connectivity index is 2.37. The molecule has 0 heterocycles. The summed E-state index contributed by atoms with van der Waals surface area (Å²) in [6.45, 7) is 4.89. The van der Waals surface area contributed by atoms with Gasteiger partial charge in [0.05, 0.1) is 6.04 Å². The van der Waals surface area contributed by atoms with Crippen molar-refractivity contribution in [2.24, 2.45) is 11.7 Å². The SMILES string of the molecule is CC(C)CCNC(=O)[C@H](N)Cc1ccc(O)cc1. The van der Waals surface area contributed by atoms with E-state index in [2.05, 4.69) is 19.2 Å². The predicted molar refractivity (Wildman–Crippen MR) is 72.3 cm³/mol. The molecule has 4 nitrogen and oxygen atoms in total. The molecular formula is C14H22N2O2. The van der Waals surface area contributed by atoms with Crippen molar-refractivity contribution in [3.8, 4) is 5.75 Å². The van der Waals surface area contributed by atoms with Crippen LogP contribution in [0.5, 0.6) is 5.75 Å². The molecule has 0 saturated carbocycles. The smallest absolute Gasteiger partial charge is 0.237 e. The lowest BCUT2D eigenvalue weighted by molar-refractivity contribution is -0.122. The summed E-state index contributed by atoms with van der Waals surface area (Å²) < 4.78 is 0. The second-order valence-electron chi connectivity index (χ2n) is 4.95. The Morgan fingerprint density at radius 2 is 1.94 bits per heavy atom. The van der Waals surface area contributed by atoms with Crippen LogP contribution in [0.2, 0.25) is 0 Å². The van der Waals surface area contributed by atoms with E-state index in [1.807, 2.05) is 0 Å². The van der Waals surface area contributed by atoms with Crippen molar-refractivity contribution < 1.29 is 9.90 Å². The van der Waals surface area contributed by atoms with Gasteiger partial charge in [0, 0.05) is 6.54 Å². The third-order valence-corrected chi connectivity index (χ3v) is 2.75. The van der Waals surface area contributed by atoms with Gasteiger partial charge in [0.1, 0.15) is 5.75 Å². The quantitative estimate of drug-likeness (QED) is 0.715. The Morgan fingerprint density at radius 3 is 2.50 bits per heavy atom. The van der Waals surface area contributed by atoms with E-state index in [0.717, 1.165) is 12.0 Å². The van der Waals surface area contributed by atoms with E-state index in [1.165, 1.54) is 0 Å². The normalized spacial score (nSPS) is 12.4. The molecule has 0 spiro atoms.